The maximum atomic E-state index is 4.41. The van der Waals surface area contributed by atoms with E-state index < -0.39 is 0 Å². The summed E-state index contributed by atoms with van der Waals surface area (Å²) >= 11 is 0. The van der Waals surface area contributed by atoms with Gasteiger partial charge in [-0.15, -0.1) is 0 Å². The van der Waals surface area contributed by atoms with E-state index in [-0.39, 0.29) is 0 Å². The van der Waals surface area contributed by atoms with Crippen molar-refractivity contribution in [2.75, 3.05) is 29.9 Å². The predicted octanol–water partition coefficient (Wildman–Crippen LogP) is 3.92. The van der Waals surface area contributed by atoms with Crippen molar-refractivity contribution in [1.29, 1.82) is 0 Å². The molecule has 2 fully saturated rings. The highest BCUT2D eigenvalue weighted by atomic mass is 15.1. The molecule has 0 bridgehead atoms. The van der Waals surface area contributed by atoms with Crippen molar-refractivity contribution in [2.24, 2.45) is 11.8 Å². The molecule has 3 rings (SSSR count). The first-order valence-electron chi connectivity index (χ1n) is 8.30. The van der Waals surface area contributed by atoms with Crippen LogP contribution in [0.4, 0.5) is 11.4 Å². The Morgan fingerprint density at radius 3 is 2.90 bits per heavy atom. The van der Waals surface area contributed by atoms with Crippen molar-refractivity contribution in [3.63, 3.8) is 0 Å². The van der Waals surface area contributed by atoms with Crippen LogP contribution in [0.2, 0.25) is 0 Å². The average molecular weight is 273 g/mol. The van der Waals surface area contributed by atoms with Crippen LogP contribution in [0.1, 0.15) is 45.4 Å². The zero-order valence-electron chi connectivity index (χ0n) is 12.6. The number of rotatable bonds is 4. The molecule has 0 radical (unpaired) electrons. The summed E-state index contributed by atoms with van der Waals surface area (Å²) in [6.45, 7) is 5.66. The molecule has 2 atom stereocenters. The quantitative estimate of drug-likeness (QED) is 0.901. The standard InChI is InChI=1S/C17H27N3/c1-2-8-19-16-10-17(12-18-11-16)20-9-7-14-5-3-4-6-15(14)13-20/h10-12,14-15,19H,2-9,13H2,1H3. The van der Waals surface area contributed by atoms with E-state index in [0.717, 1.165) is 30.5 Å². The highest BCUT2D eigenvalue weighted by molar-refractivity contribution is 5.55. The second-order valence-corrected chi connectivity index (χ2v) is 6.40. The van der Waals surface area contributed by atoms with E-state index in [1.165, 1.54) is 50.9 Å². The summed E-state index contributed by atoms with van der Waals surface area (Å²) in [4.78, 5) is 6.96. The molecule has 2 unspecified atom stereocenters. The molecule has 3 heteroatoms. The minimum absolute atomic E-state index is 0.921. The molecule has 1 saturated carbocycles. The second-order valence-electron chi connectivity index (χ2n) is 6.40. The zero-order valence-corrected chi connectivity index (χ0v) is 12.6. The lowest BCUT2D eigenvalue weighted by Gasteiger charge is -2.42. The van der Waals surface area contributed by atoms with Crippen molar-refractivity contribution in [2.45, 2.75) is 45.4 Å². The lowest BCUT2D eigenvalue weighted by Crippen LogP contribution is -2.41. The van der Waals surface area contributed by atoms with Crippen LogP contribution in [0, 0.1) is 11.8 Å². The van der Waals surface area contributed by atoms with Gasteiger partial charge in [-0.1, -0.05) is 26.2 Å². The molecule has 1 aromatic heterocycles. The Kier molecular flexibility index (Phi) is 4.44. The van der Waals surface area contributed by atoms with Gasteiger partial charge < -0.3 is 10.2 Å². The van der Waals surface area contributed by atoms with E-state index in [2.05, 4.69) is 28.2 Å². The number of hydrogen-bond acceptors (Lipinski definition) is 3. The van der Waals surface area contributed by atoms with Gasteiger partial charge in [0.25, 0.3) is 0 Å². The SMILES string of the molecule is CCCNc1cncc(N2CCC3CCCCC3C2)c1. The van der Waals surface area contributed by atoms with Crippen molar-refractivity contribution in [3.05, 3.63) is 18.5 Å². The van der Waals surface area contributed by atoms with Gasteiger partial charge in [0.15, 0.2) is 0 Å². The molecule has 1 saturated heterocycles. The number of nitrogens with one attached hydrogen (secondary N) is 1. The lowest BCUT2D eigenvalue weighted by molar-refractivity contribution is 0.202. The van der Waals surface area contributed by atoms with Crippen LogP contribution < -0.4 is 10.2 Å². The predicted molar refractivity (Wildman–Crippen MR) is 85.3 cm³/mol. The van der Waals surface area contributed by atoms with E-state index in [1.807, 2.05) is 12.4 Å². The summed E-state index contributed by atoms with van der Waals surface area (Å²) < 4.78 is 0. The number of nitrogens with zero attached hydrogens (tertiary/aromatic N) is 2. The van der Waals surface area contributed by atoms with E-state index in [0.29, 0.717) is 0 Å². The highest BCUT2D eigenvalue weighted by Crippen LogP contribution is 2.37. The maximum Gasteiger partial charge on any atom is 0.0573 e. The molecule has 1 aromatic rings. The van der Waals surface area contributed by atoms with Gasteiger partial charge in [-0.3, -0.25) is 4.98 Å². The van der Waals surface area contributed by atoms with Crippen LogP contribution in [0.15, 0.2) is 18.5 Å². The van der Waals surface area contributed by atoms with Gasteiger partial charge in [-0.2, -0.15) is 0 Å². The number of aromatic nitrogens is 1. The topological polar surface area (TPSA) is 28.2 Å². The summed E-state index contributed by atoms with van der Waals surface area (Å²) in [5, 5.41) is 3.44. The van der Waals surface area contributed by atoms with E-state index in [1.54, 1.807) is 0 Å². The average Bonchev–Trinajstić information content (AvgIpc) is 2.53. The Morgan fingerprint density at radius 1 is 1.20 bits per heavy atom. The van der Waals surface area contributed by atoms with E-state index in [4.69, 9.17) is 0 Å². The first-order chi connectivity index (χ1) is 9.86. The molecule has 1 aliphatic heterocycles. The Hall–Kier alpha value is -1.25. The summed E-state index contributed by atoms with van der Waals surface area (Å²) in [7, 11) is 0. The molecule has 0 spiro atoms. The maximum absolute atomic E-state index is 4.41. The monoisotopic (exact) mass is 273 g/mol. The smallest absolute Gasteiger partial charge is 0.0573 e. The number of piperidine rings is 1. The minimum Gasteiger partial charge on any atom is -0.384 e. The molecule has 1 N–H and O–H groups in total. The Morgan fingerprint density at radius 2 is 2.05 bits per heavy atom. The molecule has 2 aliphatic rings. The summed E-state index contributed by atoms with van der Waals surface area (Å²) in [5.41, 5.74) is 2.46. The first kappa shape index (κ1) is 13.7. The molecular formula is C17H27N3. The fourth-order valence-corrected chi connectivity index (χ4v) is 3.80. The van der Waals surface area contributed by atoms with Crippen molar-refractivity contribution >= 4 is 11.4 Å². The van der Waals surface area contributed by atoms with Gasteiger partial charge in [0.2, 0.25) is 0 Å². The third kappa shape index (κ3) is 3.08. The van der Waals surface area contributed by atoms with E-state index in [9.17, 15) is 0 Å². The van der Waals surface area contributed by atoms with Gasteiger partial charge in [0.05, 0.1) is 23.8 Å². The number of hydrogen-bond donors (Lipinski definition) is 1. The third-order valence-corrected chi connectivity index (χ3v) is 4.96. The van der Waals surface area contributed by atoms with Crippen LogP contribution in [-0.2, 0) is 0 Å². The molecule has 3 nitrogen and oxygen atoms in total. The molecular weight excluding hydrogens is 246 g/mol. The third-order valence-electron chi connectivity index (χ3n) is 4.96. The summed E-state index contributed by atoms with van der Waals surface area (Å²) in [6, 6.07) is 2.27. The van der Waals surface area contributed by atoms with Crippen LogP contribution in [-0.4, -0.2) is 24.6 Å². The van der Waals surface area contributed by atoms with Crippen LogP contribution in [0.3, 0.4) is 0 Å². The van der Waals surface area contributed by atoms with Crippen molar-refractivity contribution in [3.8, 4) is 0 Å². The lowest BCUT2D eigenvalue weighted by atomic mass is 9.75. The molecule has 0 amide bonds. The van der Waals surface area contributed by atoms with Crippen LogP contribution in [0.5, 0.6) is 0 Å². The minimum atomic E-state index is 0.921. The Bertz CT molecular complexity index is 432. The van der Waals surface area contributed by atoms with Gasteiger partial charge in [0.1, 0.15) is 0 Å². The highest BCUT2D eigenvalue weighted by Gasteiger charge is 2.31. The second kappa shape index (κ2) is 6.47. The van der Waals surface area contributed by atoms with Crippen molar-refractivity contribution in [1.82, 2.24) is 4.98 Å². The largest absolute Gasteiger partial charge is 0.384 e. The number of fused-ring (bicyclic) bond motifs is 1. The van der Waals surface area contributed by atoms with E-state index >= 15 is 0 Å². The molecule has 2 heterocycles. The molecule has 0 aromatic carbocycles. The van der Waals surface area contributed by atoms with Gasteiger partial charge in [-0.25, -0.2) is 0 Å². The normalized spacial score (nSPS) is 26.1. The zero-order chi connectivity index (χ0) is 13.8. The molecule has 110 valence electrons. The molecule has 1 aliphatic carbocycles. The summed E-state index contributed by atoms with van der Waals surface area (Å²) in [6.07, 6.45) is 12.3. The number of anilines is 2. The van der Waals surface area contributed by atoms with Gasteiger partial charge in [-0.05, 0) is 37.2 Å². The van der Waals surface area contributed by atoms with Crippen LogP contribution >= 0.6 is 0 Å². The fourth-order valence-electron chi connectivity index (χ4n) is 3.80. The Balaban J connectivity index is 1.66. The molecule has 20 heavy (non-hydrogen) atoms. The van der Waals surface area contributed by atoms with Gasteiger partial charge in [0, 0.05) is 19.6 Å². The summed E-state index contributed by atoms with van der Waals surface area (Å²) in [5.74, 6) is 1.92. The van der Waals surface area contributed by atoms with Gasteiger partial charge >= 0.3 is 0 Å². The van der Waals surface area contributed by atoms with Crippen molar-refractivity contribution < 1.29 is 0 Å². The number of pyridine rings is 1. The fraction of sp³-hybridized carbons (Fsp3) is 0.706. The first-order valence-corrected chi connectivity index (χ1v) is 8.30. The van der Waals surface area contributed by atoms with Crippen LogP contribution in [0.25, 0.3) is 0 Å². The Labute approximate surface area is 122 Å².